The van der Waals surface area contributed by atoms with E-state index >= 15 is 0 Å². The number of hydroxylamine groups is 2. The minimum atomic E-state index is -3.99. The lowest BCUT2D eigenvalue weighted by molar-refractivity contribution is -0.296. The molecule has 0 saturated carbocycles. The molecule has 0 N–H and O–H groups in total. The predicted molar refractivity (Wildman–Crippen MR) is 59.4 cm³/mol. The molecule has 1 fully saturated rings. The summed E-state index contributed by atoms with van der Waals surface area (Å²) in [7, 11) is -3.99. The normalized spacial score (nSPS) is 29.9. The molecule has 1 unspecified atom stereocenters. The zero-order valence-corrected chi connectivity index (χ0v) is 11.4. The van der Waals surface area contributed by atoms with Crippen LogP contribution in [0.4, 0.5) is 4.20 Å². The molecule has 1 saturated heterocycles. The van der Waals surface area contributed by atoms with Crippen molar-refractivity contribution in [3.05, 3.63) is 0 Å². The Kier molecular flexibility index (Phi) is 3.57. The van der Waals surface area contributed by atoms with Gasteiger partial charge in [-0.2, -0.15) is 4.20 Å². The minimum absolute atomic E-state index is 0.391. The zero-order chi connectivity index (χ0) is 12.8. The van der Waals surface area contributed by atoms with Crippen molar-refractivity contribution in [3.8, 4) is 0 Å². The van der Waals surface area contributed by atoms with Gasteiger partial charge in [0, 0.05) is 17.7 Å². The molecule has 16 heavy (non-hydrogen) atoms. The van der Waals surface area contributed by atoms with Crippen LogP contribution >= 0.6 is 7.68 Å². The highest BCUT2D eigenvalue weighted by Gasteiger charge is 2.47. The van der Waals surface area contributed by atoms with Gasteiger partial charge in [0.1, 0.15) is 0 Å². The Morgan fingerprint density at radius 1 is 1.25 bits per heavy atom. The average molecular weight is 252 g/mol. The molecule has 0 spiro atoms. The predicted octanol–water partition coefficient (Wildman–Crippen LogP) is 3.16. The standard InChI is InChI=1S/C10H20FNO3P/c1-9(2)6-8(15-16(5,11)14)7-10(3,4)12(9)13/h8H,6-7H2,1-5H3. The third-order valence-corrected chi connectivity index (χ3v) is 3.57. The molecular formula is C10H20FNO3P. The summed E-state index contributed by atoms with van der Waals surface area (Å²) < 4.78 is 28.9. The number of nitrogens with zero attached hydrogens (tertiary/aromatic N) is 1. The maximum Gasteiger partial charge on any atom is 0.364 e. The Labute approximate surface area is 96.3 Å². The first-order valence-corrected chi connectivity index (χ1v) is 7.33. The van der Waals surface area contributed by atoms with Gasteiger partial charge in [-0.05, 0) is 40.5 Å². The van der Waals surface area contributed by atoms with Gasteiger partial charge in [-0.3, -0.25) is 4.57 Å². The fraction of sp³-hybridized carbons (Fsp3) is 1.00. The second kappa shape index (κ2) is 4.05. The van der Waals surface area contributed by atoms with Crippen LogP contribution in [0, 0.1) is 0 Å². The molecule has 6 heteroatoms. The second-order valence-corrected chi connectivity index (χ2v) is 7.51. The van der Waals surface area contributed by atoms with Gasteiger partial charge >= 0.3 is 7.68 Å². The fourth-order valence-electron chi connectivity index (χ4n) is 2.51. The van der Waals surface area contributed by atoms with Crippen LogP contribution in [0.3, 0.4) is 0 Å². The summed E-state index contributed by atoms with van der Waals surface area (Å²) in [4.78, 5) is 0. The van der Waals surface area contributed by atoms with Gasteiger partial charge in [-0.1, -0.05) is 0 Å². The Morgan fingerprint density at radius 2 is 1.62 bits per heavy atom. The summed E-state index contributed by atoms with van der Waals surface area (Å²) >= 11 is 0. The summed E-state index contributed by atoms with van der Waals surface area (Å²) in [5, 5.41) is 13.0. The maximum absolute atomic E-state index is 13.0. The van der Waals surface area contributed by atoms with Crippen LogP contribution in [0.5, 0.6) is 0 Å². The fourth-order valence-corrected chi connectivity index (χ4v) is 3.19. The molecule has 1 atom stereocenters. The Morgan fingerprint density at radius 3 is 1.94 bits per heavy atom. The van der Waals surface area contributed by atoms with E-state index in [-0.39, 0.29) is 0 Å². The van der Waals surface area contributed by atoms with E-state index < -0.39 is 24.9 Å². The van der Waals surface area contributed by atoms with Gasteiger partial charge in [0.2, 0.25) is 0 Å². The summed E-state index contributed by atoms with van der Waals surface area (Å²) in [6, 6.07) is 0. The molecule has 0 amide bonds. The van der Waals surface area contributed by atoms with E-state index in [1.54, 1.807) is 27.7 Å². The molecule has 0 aromatic carbocycles. The largest absolute Gasteiger partial charge is 0.364 e. The van der Waals surface area contributed by atoms with Crippen molar-refractivity contribution >= 4 is 7.68 Å². The molecule has 1 aliphatic heterocycles. The maximum atomic E-state index is 13.0. The van der Waals surface area contributed by atoms with Crippen molar-refractivity contribution in [2.45, 2.75) is 57.7 Å². The van der Waals surface area contributed by atoms with E-state index in [1.165, 1.54) is 0 Å². The average Bonchev–Trinajstić information content (AvgIpc) is 1.95. The summed E-state index contributed by atoms with van der Waals surface area (Å²) in [5.74, 6) is 0. The van der Waals surface area contributed by atoms with Gasteiger partial charge in [-0.25, -0.2) is 0 Å². The summed E-state index contributed by atoms with van der Waals surface area (Å²) in [6.07, 6.45) is 0.319. The Balaban J connectivity index is 2.83. The molecule has 1 radical (unpaired) electrons. The van der Waals surface area contributed by atoms with Crippen LogP contribution in [0.15, 0.2) is 0 Å². The first-order chi connectivity index (χ1) is 6.94. The van der Waals surface area contributed by atoms with Crippen molar-refractivity contribution in [2.24, 2.45) is 0 Å². The van der Waals surface area contributed by atoms with Crippen molar-refractivity contribution in [3.63, 3.8) is 0 Å². The lowest BCUT2D eigenvalue weighted by Gasteiger charge is -2.49. The van der Waals surface area contributed by atoms with Crippen LogP contribution in [0.1, 0.15) is 40.5 Å². The number of piperidine rings is 1. The van der Waals surface area contributed by atoms with Crippen LogP contribution in [-0.4, -0.2) is 28.9 Å². The third-order valence-electron chi connectivity index (χ3n) is 2.89. The third kappa shape index (κ3) is 3.27. The molecule has 1 rings (SSSR count). The van der Waals surface area contributed by atoms with Gasteiger partial charge in [-0.15, -0.1) is 10.3 Å². The van der Waals surface area contributed by atoms with Crippen molar-refractivity contribution in [1.29, 1.82) is 0 Å². The highest BCUT2D eigenvalue weighted by molar-refractivity contribution is 7.52. The van der Waals surface area contributed by atoms with Gasteiger partial charge in [0.15, 0.2) is 0 Å². The van der Waals surface area contributed by atoms with E-state index in [1.807, 2.05) is 0 Å². The van der Waals surface area contributed by atoms with Crippen molar-refractivity contribution in [2.75, 3.05) is 6.66 Å². The summed E-state index contributed by atoms with van der Waals surface area (Å²) in [5.41, 5.74) is -1.25. The van der Waals surface area contributed by atoms with Crippen LogP contribution < -0.4 is 0 Å². The van der Waals surface area contributed by atoms with E-state index in [2.05, 4.69) is 0 Å². The first-order valence-electron chi connectivity index (χ1n) is 5.37. The van der Waals surface area contributed by atoms with Gasteiger partial charge in [0.25, 0.3) is 0 Å². The van der Waals surface area contributed by atoms with E-state index in [0.717, 1.165) is 11.7 Å². The topological polar surface area (TPSA) is 49.4 Å². The minimum Gasteiger partial charge on any atom is -0.302 e. The van der Waals surface area contributed by atoms with E-state index in [4.69, 9.17) is 4.52 Å². The molecule has 0 aliphatic carbocycles. The lowest BCUT2D eigenvalue weighted by Crippen LogP contribution is -2.59. The quantitative estimate of drug-likeness (QED) is 0.709. The van der Waals surface area contributed by atoms with Gasteiger partial charge < -0.3 is 4.52 Å². The molecule has 4 nitrogen and oxygen atoms in total. The van der Waals surface area contributed by atoms with Crippen LogP contribution in [0.2, 0.25) is 0 Å². The molecular weight excluding hydrogens is 232 g/mol. The SMILES string of the molecule is CC1(C)CC(OP(C)(=O)F)CC(C)(C)N1[O]. The molecule has 1 aliphatic rings. The number of rotatable bonds is 2. The lowest BCUT2D eigenvalue weighted by atomic mass is 9.80. The summed E-state index contributed by atoms with van der Waals surface area (Å²) in [6.45, 7) is 8.11. The number of hydrogen-bond acceptors (Lipinski definition) is 3. The second-order valence-electron chi connectivity index (χ2n) is 5.80. The van der Waals surface area contributed by atoms with Crippen molar-refractivity contribution < 1.29 is 18.5 Å². The Hall–Kier alpha value is 0.0400. The highest BCUT2D eigenvalue weighted by Crippen LogP contribution is 2.49. The molecule has 0 aromatic heterocycles. The Bertz CT molecular complexity index is 295. The van der Waals surface area contributed by atoms with E-state index in [0.29, 0.717) is 12.8 Å². The zero-order valence-electron chi connectivity index (χ0n) is 10.5. The van der Waals surface area contributed by atoms with Crippen LogP contribution in [-0.2, 0) is 14.3 Å². The number of hydrogen-bond donors (Lipinski definition) is 0. The molecule has 95 valence electrons. The smallest absolute Gasteiger partial charge is 0.302 e. The number of halogens is 1. The van der Waals surface area contributed by atoms with Crippen LogP contribution in [0.25, 0.3) is 0 Å². The van der Waals surface area contributed by atoms with Gasteiger partial charge in [0.05, 0.1) is 6.10 Å². The molecule has 0 bridgehead atoms. The molecule has 0 aromatic rings. The molecule has 1 heterocycles. The highest BCUT2D eigenvalue weighted by atomic mass is 31.2. The van der Waals surface area contributed by atoms with E-state index in [9.17, 15) is 14.0 Å². The first kappa shape index (κ1) is 14.1. The van der Waals surface area contributed by atoms with Crippen molar-refractivity contribution in [1.82, 2.24) is 5.06 Å². The monoisotopic (exact) mass is 252 g/mol.